The number of pyridine rings is 1. The monoisotopic (exact) mass is 217 g/mol. The fourth-order valence-corrected chi connectivity index (χ4v) is 1.65. The molecule has 16 heavy (non-hydrogen) atoms. The van der Waals surface area contributed by atoms with Crippen molar-refractivity contribution in [3.8, 4) is 5.75 Å². The smallest absolute Gasteiger partial charge is 0.354 e. The molecule has 4 heteroatoms. The van der Waals surface area contributed by atoms with E-state index in [0.717, 1.165) is 16.3 Å². The second-order valence-corrected chi connectivity index (χ2v) is 3.51. The van der Waals surface area contributed by atoms with Crippen molar-refractivity contribution in [3.05, 3.63) is 35.7 Å². The average Bonchev–Trinajstić information content (AvgIpc) is 2.29. The van der Waals surface area contributed by atoms with Crippen LogP contribution in [0, 0.1) is 6.92 Å². The third kappa shape index (κ3) is 1.58. The first-order valence-corrected chi connectivity index (χ1v) is 4.80. The van der Waals surface area contributed by atoms with E-state index in [2.05, 4.69) is 4.98 Å². The zero-order valence-electron chi connectivity index (χ0n) is 9.02. The molecule has 0 fully saturated rings. The van der Waals surface area contributed by atoms with Crippen LogP contribution in [0.5, 0.6) is 5.75 Å². The molecule has 0 spiro atoms. The molecule has 4 nitrogen and oxygen atoms in total. The van der Waals surface area contributed by atoms with Crippen LogP contribution >= 0.6 is 0 Å². The first kappa shape index (κ1) is 10.4. The van der Waals surface area contributed by atoms with Gasteiger partial charge < -0.3 is 9.84 Å². The Bertz CT molecular complexity index is 563. The van der Waals surface area contributed by atoms with Crippen molar-refractivity contribution < 1.29 is 14.6 Å². The molecule has 0 saturated carbocycles. The predicted octanol–water partition coefficient (Wildman–Crippen LogP) is 2.25. The maximum Gasteiger partial charge on any atom is 0.354 e. The Balaban J connectivity index is 2.79. The summed E-state index contributed by atoms with van der Waals surface area (Å²) >= 11 is 0. The molecule has 1 N–H and O–H groups in total. The first-order chi connectivity index (χ1) is 7.63. The van der Waals surface area contributed by atoms with E-state index in [-0.39, 0.29) is 5.69 Å². The van der Waals surface area contributed by atoms with Crippen LogP contribution in [-0.4, -0.2) is 23.2 Å². The fourth-order valence-electron chi connectivity index (χ4n) is 1.65. The van der Waals surface area contributed by atoms with Gasteiger partial charge in [-0.05, 0) is 24.6 Å². The van der Waals surface area contributed by atoms with Gasteiger partial charge >= 0.3 is 5.97 Å². The van der Waals surface area contributed by atoms with Crippen molar-refractivity contribution in [2.24, 2.45) is 0 Å². The van der Waals surface area contributed by atoms with Gasteiger partial charge in [-0.3, -0.25) is 0 Å². The maximum absolute atomic E-state index is 10.8. The fraction of sp³-hybridized carbons (Fsp3) is 0.167. The normalized spacial score (nSPS) is 10.4. The van der Waals surface area contributed by atoms with Crippen LogP contribution in [0.2, 0.25) is 0 Å². The molecule has 1 aromatic heterocycles. The van der Waals surface area contributed by atoms with Gasteiger partial charge in [-0.15, -0.1) is 0 Å². The van der Waals surface area contributed by atoms with Crippen molar-refractivity contribution >= 4 is 16.7 Å². The lowest BCUT2D eigenvalue weighted by Gasteiger charge is -2.07. The van der Waals surface area contributed by atoms with Gasteiger partial charge in [-0.1, -0.05) is 6.07 Å². The van der Waals surface area contributed by atoms with Gasteiger partial charge in [0.25, 0.3) is 0 Å². The molecule has 0 aliphatic carbocycles. The number of hydrogen-bond acceptors (Lipinski definition) is 3. The van der Waals surface area contributed by atoms with Crippen molar-refractivity contribution in [1.82, 2.24) is 4.98 Å². The zero-order chi connectivity index (χ0) is 11.7. The van der Waals surface area contributed by atoms with Crippen LogP contribution in [0.15, 0.2) is 24.4 Å². The summed E-state index contributed by atoms with van der Waals surface area (Å²) in [7, 11) is 1.56. The number of aromatic carboxylic acids is 1. The molecule has 82 valence electrons. The number of aryl methyl sites for hydroxylation is 1. The van der Waals surface area contributed by atoms with E-state index in [4.69, 9.17) is 9.84 Å². The molecule has 1 aromatic carbocycles. The number of carboxylic acid groups (broad SMARTS) is 1. The molecule has 2 aromatic rings. The third-order valence-electron chi connectivity index (χ3n) is 2.52. The molecular weight excluding hydrogens is 206 g/mol. The number of benzene rings is 1. The Labute approximate surface area is 92.5 Å². The Morgan fingerprint density at radius 2 is 2.12 bits per heavy atom. The topological polar surface area (TPSA) is 59.4 Å². The molecule has 0 radical (unpaired) electrons. The number of ether oxygens (including phenoxy) is 1. The lowest BCUT2D eigenvalue weighted by atomic mass is 10.1. The van der Waals surface area contributed by atoms with Crippen LogP contribution in [-0.2, 0) is 0 Å². The Morgan fingerprint density at radius 3 is 2.75 bits per heavy atom. The second kappa shape index (κ2) is 3.81. The number of aromatic nitrogens is 1. The largest absolute Gasteiger partial charge is 0.496 e. The van der Waals surface area contributed by atoms with Gasteiger partial charge in [0.05, 0.1) is 7.11 Å². The number of fused-ring (bicyclic) bond motifs is 1. The SMILES string of the molecule is COc1ccc(C)c2cnc(C(=O)O)cc12. The van der Waals surface area contributed by atoms with Crippen LogP contribution in [0.3, 0.4) is 0 Å². The molecule has 0 bridgehead atoms. The standard InChI is InChI=1S/C12H11NO3/c1-7-3-4-11(16-2)8-5-10(12(14)15)13-6-9(7)8/h3-6H,1-2H3,(H,14,15). The van der Waals surface area contributed by atoms with E-state index >= 15 is 0 Å². The van der Waals surface area contributed by atoms with Crippen molar-refractivity contribution in [2.45, 2.75) is 6.92 Å². The minimum absolute atomic E-state index is 0.0244. The number of carboxylic acids is 1. The molecule has 0 amide bonds. The quantitative estimate of drug-likeness (QED) is 0.838. The van der Waals surface area contributed by atoms with Crippen LogP contribution < -0.4 is 4.74 Å². The van der Waals surface area contributed by atoms with Gasteiger partial charge in [-0.2, -0.15) is 0 Å². The lowest BCUT2D eigenvalue weighted by molar-refractivity contribution is 0.0690. The molecule has 1 heterocycles. The highest BCUT2D eigenvalue weighted by Crippen LogP contribution is 2.27. The zero-order valence-corrected chi connectivity index (χ0v) is 9.02. The van der Waals surface area contributed by atoms with Crippen LogP contribution in [0.4, 0.5) is 0 Å². The molecule has 0 unspecified atom stereocenters. The Morgan fingerprint density at radius 1 is 1.38 bits per heavy atom. The Kier molecular flexibility index (Phi) is 2.48. The predicted molar refractivity (Wildman–Crippen MR) is 60.0 cm³/mol. The highest BCUT2D eigenvalue weighted by atomic mass is 16.5. The van der Waals surface area contributed by atoms with Gasteiger partial charge in [0, 0.05) is 17.0 Å². The van der Waals surface area contributed by atoms with Gasteiger partial charge in [0.15, 0.2) is 0 Å². The summed E-state index contributed by atoms with van der Waals surface area (Å²) < 4.78 is 5.20. The summed E-state index contributed by atoms with van der Waals surface area (Å²) in [5.74, 6) is -0.379. The summed E-state index contributed by atoms with van der Waals surface area (Å²) in [6.45, 7) is 1.95. The Hall–Kier alpha value is -2.10. The molecule has 0 aliphatic heterocycles. The summed E-state index contributed by atoms with van der Waals surface area (Å²) in [5, 5.41) is 10.6. The third-order valence-corrected chi connectivity index (χ3v) is 2.52. The van der Waals surface area contributed by atoms with Gasteiger partial charge in [0.2, 0.25) is 0 Å². The summed E-state index contributed by atoms with van der Waals surface area (Å²) in [6.07, 6.45) is 1.57. The number of carbonyl (C=O) groups is 1. The first-order valence-electron chi connectivity index (χ1n) is 4.80. The van der Waals surface area contributed by atoms with E-state index in [1.807, 2.05) is 19.1 Å². The van der Waals surface area contributed by atoms with E-state index in [0.29, 0.717) is 5.75 Å². The van der Waals surface area contributed by atoms with Crippen LogP contribution in [0.1, 0.15) is 16.1 Å². The molecule has 0 atom stereocenters. The minimum Gasteiger partial charge on any atom is -0.496 e. The van der Waals surface area contributed by atoms with E-state index in [1.165, 1.54) is 6.07 Å². The van der Waals surface area contributed by atoms with Gasteiger partial charge in [-0.25, -0.2) is 9.78 Å². The number of nitrogens with zero attached hydrogens (tertiary/aromatic N) is 1. The average molecular weight is 217 g/mol. The van der Waals surface area contributed by atoms with E-state index in [1.54, 1.807) is 13.3 Å². The van der Waals surface area contributed by atoms with Crippen molar-refractivity contribution in [2.75, 3.05) is 7.11 Å². The van der Waals surface area contributed by atoms with Gasteiger partial charge in [0.1, 0.15) is 11.4 Å². The van der Waals surface area contributed by atoms with Crippen molar-refractivity contribution in [3.63, 3.8) is 0 Å². The molecule has 0 saturated heterocycles. The number of hydrogen-bond donors (Lipinski definition) is 1. The number of methoxy groups -OCH3 is 1. The summed E-state index contributed by atoms with van der Waals surface area (Å²) in [5.41, 5.74) is 1.07. The summed E-state index contributed by atoms with van der Waals surface area (Å²) in [4.78, 5) is 14.7. The second-order valence-electron chi connectivity index (χ2n) is 3.51. The van der Waals surface area contributed by atoms with Crippen LogP contribution in [0.25, 0.3) is 10.8 Å². The number of rotatable bonds is 2. The molecule has 2 rings (SSSR count). The summed E-state index contributed by atoms with van der Waals surface area (Å²) in [6, 6.07) is 5.27. The highest BCUT2D eigenvalue weighted by molar-refractivity contribution is 5.96. The lowest BCUT2D eigenvalue weighted by Crippen LogP contribution is -2.00. The maximum atomic E-state index is 10.8. The molecular formula is C12H11NO3. The molecule has 0 aliphatic rings. The highest BCUT2D eigenvalue weighted by Gasteiger charge is 2.09. The van der Waals surface area contributed by atoms with Crippen molar-refractivity contribution in [1.29, 1.82) is 0 Å². The minimum atomic E-state index is -1.04. The van der Waals surface area contributed by atoms with E-state index in [9.17, 15) is 4.79 Å². The van der Waals surface area contributed by atoms with E-state index < -0.39 is 5.97 Å².